The van der Waals surface area contributed by atoms with Gasteiger partial charge < -0.3 is 15.7 Å². The van der Waals surface area contributed by atoms with Gasteiger partial charge in [-0.15, -0.1) is 0 Å². The van der Waals surface area contributed by atoms with Crippen molar-refractivity contribution < 1.29 is 9.90 Å². The fourth-order valence-corrected chi connectivity index (χ4v) is 1.97. The van der Waals surface area contributed by atoms with Crippen LogP contribution in [0, 0.1) is 0 Å². The molecule has 0 spiro atoms. The maximum Gasteiger partial charge on any atom is 0.250 e. The second kappa shape index (κ2) is 6.93. The number of carbonyl (C=O) groups is 1. The maximum absolute atomic E-state index is 11.1. The van der Waals surface area contributed by atoms with Crippen LogP contribution in [-0.4, -0.2) is 17.6 Å². The number of halogens is 1. The lowest BCUT2D eigenvalue weighted by Crippen LogP contribution is -2.15. The van der Waals surface area contributed by atoms with Crippen molar-refractivity contribution in [1.82, 2.24) is 0 Å². The molecule has 0 saturated carbocycles. The zero-order valence-electron chi connectivity index (χ0n) is 10.8. The van der Waals surface area contributed by atoms with Crippen LogP contribution < -0.4 is 10.6 Å². The van der Waals surface area contributed by atoms with Gasteiger partial charge in [-0.25, -0.2) is 0 Å². The van der Waals surface area contributed by atoms with Crippen molar-refractivity contribution >= 4 is 28.9 Å². The first-order valence-corrected chi connectivity index (χ1v) is 6.54. The van der Waals surface area contributed by atoms with Crippen molar-refractivity contribution in [3.05, 3.63) is 59.1 Å². The first-order valence-electron chi connectivity index (χ1n) is 6.16. The molecule has 2 aromatic carbocycles. The lowest BCUT2D eigenvalue weighted by atomic mass is 10.2. The molecule has 0 aliphatic rings. The third kappa shape index (κ3) is 4.26. The first-order chi connectivity index (χ1) is 9.67. The second-order valence-electron chi connectivity index (χ2n) is 4.27. The van der Waals surface area contributed by atoms with E-state index in [-0.39, 0.29) is 0 Å². The third-order valence-corrected chi connectivity index (χ3v) is 2.91. The van der Waals surface area contributed by atoms with E-state index >= 15 is 0 Å². The van der Waals surface area contributed by atoms with E-state index in [9.17, 15) is 4.79 Å². The number of hydrogen-bond donors (Lipinski definition) is 3. The van der Waals surface area contributed by atoms with Gasteiger partial charge in [0.05, 0.1) is 0 Å². The molecule has 0 heterocycles. The van der Waals surface area contributed by atoms with Crippen LogP contribution in [-0.2, 0) is 11.3 Å². The highest BCUT2D eigenvalue weighted by atomic mass is 35.5. The molecule has 2 aromatic rings. The molecule has 0 atom stereocenters. The summed E-state index contributed by atoms with van der Waals surface area (Å²) >= 11 is 5.93. The van der Waals surface area contributed by atoms with E-state index in [1.807, 2.05) is 36.4 Å². The lowest BCUT2D eigenvalue weighted by molar-refractivity contribution is -0.118. The molecule has 104 valence electrons. The highest BCUT2D eigenvalue weighted by Gasteiger charge is 2.01. The number of benzene rings is 2. The summed E-state index contributed by atoms with van der Waals surface area (Å²) in [6.45, 7) is 0.109. The topological polar surface area (TPSA) is 61.4 Å². The number of carbonyl (C=O) groups excluding carboxylic acids is 1. The van der Waals surface area contributed by atoms with Gasteiger partial charge in [0, 0.05) is 22.9 Å². The summed E-state index contributed by atoms with van der Waals surface area (Å²) in [5.41, 5.74) is 2.59. The zero-order valence-corrected chi connectivity index (χ0v) is 11.5. The molecule has 3 N–H and O–H groups in total. The Hall–Kier alpha value is -2.04. The Morgan fingerprint density at radius 2 is 1.85 bits per heavy atom. The number of amides is 1. The van der Waals surface area contributed by atoms with E-state index in [0.29, 0.717) is 17.3 Å². The number of hydrogen-bond acceptors (Lipinski definition) is 3. The van der Waals surface area contributed by atoms with Gasteiger partial charge in [-0.05, 0) is 35.9 Å². The summed E-state index contributed by atoms with van der Waals surface area (Å²) in [5.74, 6) is -0.433. The van der Waals surface area contributed by atoms with Crippen LogP contribution in [0.25, 0.3) is 0 Å². The fourth-order valence-electron chi connectivity index (χ4n) is 1.76. The Morgan fingerprint density at radius 1 is 1.10 bits per heavy atom. The van der Waals surface area contributed by atoms with E-state index in [1.165, 1.54) is 0 Å². The number of rotatable bonds is 5. The van der Waals surface area contributed by atoms with Crippen LogP contribution >= 0.6 is 11.6 Å². The Kier molecular flexibility index (Phi) is 4.98. The number of anilines is 2. The lowest BCUT2D eigenvalue weighted by Gasteiger charge is -2.09. The van der Waals surface area contributed by atoms with Gasteiger partial charge in [-0.3, -0.25) is 4.79 Å². The molecule has 0 radical (unpaired) electrons. The highest BCUT2D eigenvalue weighted by Crippen LogP contribution is 2.17. The first kappa shape index (κ1) is 14.4. The van der Waals surface area contributed by atoms with Gasteiger partial charge in [0.15, 0.2) is 0 Å². The molecule has 1 amide bonds. The monoisotopic (exact) mass is 290 g/mol. The van der Waals surface area contributed by atoms with Gasteiger partial charge in [0.2, 0.25) is 5.91 Å². The van der Waals surface area contributed by atoms with E-state index in [4.69, 9.17) is 16.7 Å². The molecule has 0 unspecified atom stereocenters. The standard InChI is InChI=1S/C15H15ClN2O2/c16-12-4-1-3-11(7-12)9-17-13-5-2-6-14(8-13)18-15(20)10-19/h1-8,17,19H,9-10H2,(H,18,20). The van der Waals surface area contributed by atoms with Crippen molar-refractivity contribution in [1.29, 1.82) is 0 Å². The van der Waals surface area contributed by atoms with Crippen molar-refractivity contribution in [2.75, 3.05) is 17.2 Å². The van der Waals surface area contributed by atoms with E-state index < -0.39 is 12.5 Å². The smallest absolute Gasteiger partial charge is 0.250 e. The molecule has 2 rings (SSSR count). The number of aliphatic hydroxyl groups excluding tert-OH is 1. The van der Waals surface area contributed by atoms with Crippen LogP contribution in [0.4, 0.5) is 11.4 Å². The molecule has 20 heavy (non-hydrogen) atoms. The Balaban J connectivity index is 1.99. The van der Waals surface area contributed by atoms with Crippen molar-refractivity contribution in [3.8, 4) is 0 Å². The van der Waals surface area contributed by atoms with E-state index in [2.05, 4.69) is 10.6 Å². The van der Waals surface area contributed by atoms with Gasteiger partial charge in [0.1, 0.15) is 6.61 Å². The molecule has 0 saturated heterocycles. The maximum atomic E-state index is 11.1. The molecule has 0 aromatic heterocycles. The van der Waals surface area contributed by atoms with Crippen LogP contribution in [0.1, 0.15) is 5.56 Å². The summed E-state index contributed by atoms with van der Waals surface area (Å²) < 4.78 is 0. The molecular weight excluding hydrogens is 276 g/mol. The number of nitrogens with one attached hydrogen (secondary N) is 2. The molecule has 0 fully saturated rings. The molecule has 5 heteroatoms. The van der Waals surface area contributed by atoms with Crippen LogP contribution in [0.5, 0.6) is 0 Å². The molecule has 0 aliphatic carbocycles. The quantitative estimate of drug-likeness (QED) is 0.793. The summed E-state index contributed by atoms with van der Waals surface area (Å²) in [4.78, 5) is 11.1. The second-order valence-corrected chi connectivity index (χ2v) is 4.71. The largest absolute Gasteiger partial charge is 0.387 e. The van der Waals surface area contributed by atoms with Gasteiger partial charge in [0.25, 0.3) is 0 Å². The minimum atomic E-state index is -0.528. The Bertz CT molecular complexity index is 602. The number of aliphatic hydroxyl groups is 1. The molecule has 4 nitrogen and oxygen atoms in total. The molecule has 0 bridgehead atoms. The minimum absolute atomic E-state index is 0.433. The fraction of sp³-hybridized carbons (Fsp3) is 0.133. The van der Waals surface area contributed by atoms with Crippen LogP contribution in [0.15, 0.2) is 48.5 Å². The average molecular weight is 291 g/mol. The predicted octanol–water partition coefficient (Wildman–Crippen LogP) is 2.88. The normalized spacial score (nSPS) is 10.1. The van der Waals surface area contributed by atoms with E-state index in [1.54, 1.807) is 12.1 Å². The zero-order chi connectivity index (χ0) is 14.4. The summed E-state index contributed by atoms with van der Waals surface area (Å²) in [6.07, 6.45) is 0. The molecule has 0 aliphatic heterocycles. The molecular formula is C15H15ClN2O2. The van der Waals surface area contributed by atoms with Gasteiger partial charge in [-0.2, -0.15) is 0 Å². The Morgan fingerprint density at radius 3 is 2.60 bits per heavy atom. The van der Waals surface area contributed by atoms with Gasteiger partial charge in [-0.1, -0.05) is 29.8 Å². The predicted molar refractivity (Wildman–Crippen MR) is 80.9 cm³/mol. The Labute approximate surface area is 122 Å². The van der Waals surface area contributed by atoms with Crippen LogP contribution in [0.2, 0.25) is 5.02 Å². The third-order valence-electron chi connectivity index (χ3n) is 2.68. The SMILES string of the molecule is O=C(CO)Nc1cccc(NCc2cccc(Cl)c2)c1. The summed E-state index contributed by atoms with van der Waals surface area (Å²) in [5, 5.41) is 15.2. The van der Waals surface area contributed by atoms with Crippen LogP contribution in [0.3, 0.4) is 0 Å². The van der Waals surface area contributed by atoms with Gasteiger partial charge >= 0.3 is 0 Å². The van der Waals surface area contributed by atoms with Crippen molar-refractivity contribution in [3.63, 3.8) is 0 Å². The van der Waals surface area contributed by atoms with E-state index in [0.717, 1.165) is 11.3 Å². The van der Waals surface area contributed by atoms with Crippen molar-refractivity contribution in [2.45, 2.75) is 6.54 Å². The minimum Gasteiger partial charge on any atom is -0.387 e. The summed E-state index contributed by atoms with van der Waals surface area (Å²) in [7, 11) is 0. The van der Waals surface area contributed by atoms with Crippen molar-refractivity contribution in [2.24, 2.45) is 0 Å². The average Bonchev–Trinajstić information content (AvgIpc) is 2.45. The highest BCUT2D eigenvalue weighted by molar-refractivity contribution is 6.30. The summed E-state index contributed by atoms with van der Waals surface area (Å²) in [6, 6.07) is 14.9.